The zero-order valence-electron chi connectivity index (χ0n) is 12.0. The molecule has 0 fully saturated rings. The Balaban J connectivity index is 1.67. The molecule has 0 aliphatic rings. The topological polar surface area (TPSA) is 24.9 Å². The molecule has 2 heterocycles. The first-order chi connectivity index (χ1) is 10.3. The van der Waals surface area contributed by atoms with Gasteiger partial charge in [0.1, 0.15) is 0 Å². The molecule has 2 aromatic heterocycles. The third-order valence-electron chi connectivity index (χ3n) is 3.50. The molecule has 0 radical (unpaired) electrons. The lowest BCUT2D eigenvalue weighted by Crippen LogP contribution is -2.04. The van der Waals surface area contributed by atoms with Crippen molar-refractivity contribution in [2.75, 3.05) is 11.9 Å². The van der Waals surface area contributed by atoms with Gasteiger partial charge in [-0.25, -0.2) is 0 Å². The SMILES string of the molecule is Cc1cc(NCCc2cccs2)ccc1-c1ccncc1. The van der Waals surface area contributed by atoms with Crippen LogP contribution in [0, 0.1) is 6.92 Å². The van der Waals surface area contributed by atoms with Gasteiger partial charge in [-0.15, -0.1) is 11.3 Å². The molecule has 3 heteroatoms. The molecule has 106 valence electrons. The van der Waals surface area contributed by atoms with Gasteiger partial charge in [-0.2, -0.15) is 0 Å². The number of aromatic nitrogens is 1. The zero-order valence-corrected chi connectivity index (χ0v) is 12.9. The van der Waals surface area contributed by atoms with Gasteiger partial charge in [0, 0.05) is 29.5 Å². The summed E-state index contributed by atoms with van der Waals surface area (Å²) in [5.41, 5.74) is 4.94. The van der Waals surface area contributed by atoms with Gasteiger partial charge in [0.2, 0.25) is 0 Å². The van der Waals surface area contributed by atoms with Crippen molar-refractivity contribution in [1.29, 1.82) is 0 Å². The summed E-state index contributed by atoms with van der Waals surface area (Å²) >= 11 is 1.82. The molecule has 0 bridgehead atoms. The highest BCUT2D eigenvalue weighted by Gasteiger charge is 2.03. The van der Waals surface area contributed by atoms with Crippen LogP contribution in [0.3, 0.4) is 0 Å². The second-order valence-corrected chi connectivity index (χ2v) is 6.05. The molecule has 0 aliphatic heterocycles. The number of pyridine rings is 1. The average molecular weight is 294 g/mol. The predicted octanol–water partition coefficient (Wildman–Crippen LogP) is 4.77. The standard InChI is InChI=1S/C18H18N2S/c1-14-13-16(20-11-8-17-3-2-12-21-17)4-5-18(14)15-6-9-19-10-7-15/h2-7,9-10,12-13,20H,8,11H2,1H3. The van der Waals surface area contributed by atoms with Gasteiger partial charge in [-0.3, -0.25) is 4.98 Å². The Kier molecular flexibility index (Phi) is 4.31. The molecular weight excluding hydrogens is 276 g/mol. The second kappa shape index (κ2) is 6.55. The number of aryl methyl sites for hydroxylation is 1. The fourth-order valence-electron chi connectivity index (χ4n) is 2.41. The van der Waals surface area contributed by atoms with E-state index in [9.17, 15) is 0 Å². The molecule has 0 saturated carbocycles. The van der Waals surface area contributed by atoms with Crippen molar-refractivity contribution in [2.45, 2.75) is 13.3 Å². The highest BCUT2D eigenvalue weighted by Crippen LogP contribution is 2.25. The number of nitrogens with zero attached hydrogens (tertiary/aromatic N) is 1. The van der Waals surface area contributed by atoms with E-state index in [0.29, 0.717) is 0 Å². The molecule has 0 spiro atoms. The fraction of sp³-hybridized carbons (Fsp3) is 0.167. The van der Waals surface area contributed by atoms with Gasteiger partial charge >= 0.3 is 0 Å². The van der Waals surface area contributed by atoms with E-state index in [0.717, 1.165) is 13.0 Å². The van der Waals surface area contributed by atoms with Crippen LogP contribution >= 0.6 is 11.3 Å². The summed E-state index contributed by atoms with van der Waals surface area (Å²) in [6.45, 7) is 3.12. The Labute approximate surface area is 129 Å². The third kappa shape index (κ3) is 3.50. The van der Waals surface area contributed by atoms with Crippen molar-refractivity contribution < 1.29 is 0 Å². The monoisotopic (exact) mass is 294 g/mol. The van der Waals surface area contributed by atoms with E-state index in [1.54, 1.807) is 0 Å². The van der Waals surface area contributed by atoms with Crippen molar-refractivity contribution in [3.8, 4) is 11.1 Å². The minimum absolute atomic E-state index is 0.967. The summed E-state index contributed by atoms with van der Waals surface area (Å²) in [5, 5.41) is 5.62. The number of hydrogen-bond donors (Lipinski definition) is 1. The zero-order chi connectivity index (χ0) is 14.5. The van der Waals surface area contributed by atoms with Gasteiger partial charge in [-0.05, 0) is 65.7 Å². The molecule has 0 amide bonds. The third-order valence-corrected chi connectivity index (χ3v) is 4.43. The molecule has 0 aliphatic carbocycles. The number of anilines is 1. The first-order valence-electron chi connectivity index (χ1n) is 7.10. The average Bonchev–Trinajstić information content (AvgIpc) is 3.02. The van der Waals surface area contributed by atoms with Gasteiger partial charge in [0.15, 0.2) is 0 Å². The lowest BCUT2D eigenvalue weighted by Gasteiger charge is -2.10. The van der Waals surface area contributed by atoms with Crippen LogP contribution in [-0.4, -0.2) is 11.5 Å². The van der Waals surface area contributed by atoms with E-state index in [-0.39, 0.29) is 0 Å². The summed E-state index contributed by atoms with van der Waals surface area (Å²) in [5.74, 6) is 0. The van der Waals surface area contributed by atoms with Crippen LogP contribution in [-0.2, 0) is 6.42 Å². The van der Waals surface area contributed by atoms with Crippen LogP contribution < -0.4 is 5.32 Å². The fourth-order valence-corrected chi connectivity index (χ4v) is 3.12. The second-order valence-electron chi connectivity index (χ2n) is 5.02. The lowest BCUT2D eigenvalue weighted by molar-refractivity contribution is 1.04. The minimum atomic E-state index is 0.967. The first-order valence-corrected chi connectivity index (χ1v) is 7.98. The number of thiophene rings is 1. The van der Waals surface area contributed by atoms with Crippen LogP contribution in [0.2, 0.25) is 0 Å². The molecule has 3 aromatic rings. The summed E-state index contributed by atoms with van der Waals surface area (Å²) in [6, 6.07) is 14.9. The molecular formula is C18H18N2S. The molecule has 3 rings (SSSR count). The van der Waals surface area contributed by atoms with Crippen molar-refractivity contribution in [3.63, 3.8) is 0 Å². The summed E-state index contributed by atoms with van der Waals surface area (Å²) in [4.78, 5) is 5.50. The maximum absolute atomic E-state index is 4.07. The molecule has 0 saturated heterocycles. The minimum Gasteiger partial charge on any atom is -0.385 e. The Morgan fingerprint density at radius 2 is 1.95 bits per heavy atom. The highest BCUT2D eigenvalue weighted by molar-refractivity contribution is 7.09. The Morgan fingerprint density at radius 1 is 1.10 bits per heavy atom. The Bertz CT molecular complexity index is 691. The highest BCUT2D eigenvalue weighted by atomic mass is 32.1. The van der Waals surface area contributed by atoms with E-state index in [1.807, 2.05) is 35.9 Å². The van der Waals surface area contributed by atoms with E-state index < -0.39 is 0 Å². The maximum atomic E-state index is 4.07. The molecule has 1 aromatic carbocycles. The maximum Gasteiger partial charge on any atom is 0.0343 e. The van der Waals surface area contributed by atoms with Gasteiger partial charge in [0.25, 0.3) is 0 Å². The first kappa shape index (κ1) is 13.8. The summed E-state index contributed by atoms with van der Waals surface area (Å²) in [7, 11) is 0. The number of rotatable bonds is 5. The summed E-state index contributed by atoms with van der Waals surface area (Å²) in [6.07, 6.45) is 4.74. The van der Waals surface area contributed by atoms with E-state index in [1.165, 1.54) is 27.3 Å². The number of benzene rings is 1. The van der Waals surface area contributed by atoms with E-state index in [2.05, 4.69) is 52.9 Å². The summed E-state index contributed by atoms with van der Waals surface area (Å²) < 4.78 is 0. The quantitative estimate of drug-likeness (QED) is 0.733. The molecule has 0 unspecified atom stereocenters. The predicted molar refractivity (Wildman–Crippen MR) is 90.9 cm³/mol. The number of hydrogen-bond acceptors (Lipinski definition) is 3. The largest absolute Gasteiger partial charge is 0.385 e. The van der Waals surface area contributed by atoms with Crippen LogP contribution in [0.25, 0.3) is 11.1 Å². The Hall–Kier alpha value is -2.13. The molecule has 21 heavy (non-hydrogen) atoms. The molecule has 2 nitrogen and oxygen atoms in total. The van der Waals surface area contributed by atoms with Gasteiger partial charge in [-0.1, -0.05) is 12.1 Å². The van der Waals surface area contributed by atoms with E-state index in [4.69, 9.17) is 0 Å². The van der Waals surface area contributed by atoms with Crippen LogP contribution in [0.5, 0.6) is 0 Å². The van der Waals surface area contributed by atoms with Crippen LogP contribution in [0.15, 0.2) is 60.2 Å². The van der Waals surface area contributed by atoms with Crippen molar-refractivity contribution in [2.24, 2.45) is 0 Å². The van der Waals surface area contributed by atoms with Crippen molar-refractivity contribution in [3.05, 3.63) is 70.7 Å². The normalized spacial score (nSPS) is 10.5. The number of nitrogens with one attached hydrogen (secondary N) is 1. The smallest absolute Gasteiger partial charge is 0.0343 e. The molecule has 0 atom stereocenters. The van der Waals surface area contributed by atoms with Gasteiger partial charge < -0.3 is 5.32 Å². The Morgan fingerprint density at radius 3 is 2.67 bits per heavy atom. The molecule has 1 N–H and O–H groups in total. The van der Waals surface area contributed by atoms with Crippen LogP contribution in [0.1, 0.15) is 10.4 Å². The van der Waals surface area contributed by atoms with Crippen LogP contribution in [0.4, 0.5) is 5.69 Å². The van der Waals surface area contributed by atoms with E-state index >= 15 is 0 Å². The van der Waals surface area contributed by atoms with Crippen molar-refractivity contribution >= 4 is 17.0 Å². The lowest BCUT2D eigenvalue weighted by atomic mass is 10.0. The van der Waals surface area contributed by atoms with Gasteiger partial charge in [0.05, 0.1) is 0 Å². The van der Waals surface area contributed by atoms with Crippen molar-refractivity contribution in [1.82, 2.24) is 4.98 Å².